The van der Waals surface area contributed by atoms with Crippen LogP contribution in [0.1, 0.15) is 19.4 Å². The van der Waals surface area contributed by atoms with E-state index in [1.165, 1.54) is 0 Å². The quantitative estimate of drug-likeness (QED) is 0.735. The molecule has 0 spiro atoms. The Balaban J connectivity index is 2.23. The number of H-pyrrole nitrogens is 1. The number of carbonyl (C=O) groups excluding carboxylic acids is 1. The summed E-state index contributed by atoms with van der Waals surface area (Å²) in [5, 5.41) is 8.99. The molecule has 2 N–H and O–H groups in total. The van der Waals surface area contributed by atoms with Gasteiger partial charge in [-0.15, -0.1) is 0 Å². The Labute approximate surface area is 76.5 Å². The zero-order valence-electron chi connectivity index (χ0n) is 7.70. The van der Waals surface area contributed by atoms with Crippen LogP contribution >= 0.6 is 0 Å². The molecule has 5 heteroatoms. The highest BCUT2D eigenvalue weighted by Gasteiger charge is 2.03. The molecule has 0 saturated carbocycles. The molecule has 0 fully saturated rings. The average Bonchev–Trinajstić information content (AvgIpc) is 2.51. The van der Waals surface area contributed by atoms with Crippen LogP contribution in [0.2, 0.25) is 0 Å². The summed E-state index contributed by atoms with van der Waals surface area (Å²) in [7, 11) is 0. The van der Waals surface area contributed by atoms with Crippen molar-refractivity contribution in [2.45, 2.75) is 26.5 Å². The van der Waals surface area contributed by atoms with Crippen molar-refractivity contribution in [1.82, 2.24) is 15.5 Å². The van der Waals surface area contributed by atoms with E-state index < -0.39 is 6.09 Å². The normalized spacial score (nSPS) is 10.1. The fraction of sp³-hybridized carbons (Fsp3) is 0.500. The average molecular weight is 183 g/mol. The molecule has 0 aliphatic rings. The van der Waals surface area contributed by atoms with Gasteiger partial charge in [-0.05, 0) is 13.8 Å². The van der Waals surface area contributed by atoms with Crippen LogP contribution in [-0.4, -0.2) is 22.4 Å². The first-order valence-electron chi connectivity index (χ1n) is 4.10. The molecular weight excluding hydrogens is 170 g/mol. The lowest BCUT2D eigenvalue weighted by atomic mass is 10.4. The number of nitrogens with zero attached hydrogens (tertiary/aromatic N) is 1. The van der Waals surface area contributed by atoms with Crippen LogP contribution in [0.5, 0.6) is 0 Å². The van der Waals surface area contributed by atoms with E-state index in [1.807, 2.05) is 0 Å². The molecule has 0 aliphatic heterocycles. The first-order chi connectivity index (χ1) is 6.18. The van der Waals surface area contributed by atoms with Gasteiger partial charge in [-0.2, -0.15) is 5.10 Å². The third-order valence-electron chi connectivity index (χ3n) is 1.33. The second kappa shape index (κ2) is 4.49. The zero-order valence-corrected chi connectivity index (χ0v) is 7.70. The van der Waals surface area contributed by atoms with E-state index in [9.17, 15) is 4.79 Å². The van der Waals surface area contributed by atoms with E-state index in [-0.39, 0.29) is 6.10 Å². The topological polar surface area (TPSA) is 67.0 Å². The predicted octanol–water partition coefficient (Wildman–Crippen LogP) is 1.04. The Kier molecular flexibility index (Phi) is 3.31. The van der Waals surface area contributed by atoms with Crippen LogP contribution in [0.3, 0.4) is 0 Å². The molecule has 0 aromatic carbocycles. The van der Waals surface area contributed by atoms with E-state index >= 15 is 0 Å². The summed E-state index contributed by atoms with van der Waals surface area (Å²) >= 11 is 0. The lowest BCUT2D eigenvalue weighted by Crippen LogP contribution is -2.26. The van der Waals surface area contributed by atoms with Gasteiger partial charge in [-0.3, -0.25) is 5.10 Å². The number of aromatic amines is 1. The Morgan fingerprint density at radius 3 is 3.08 bits per heavy atom. The molecule has 0 atom stereocenters. The predicted molar refractivity (Wildman–Crippen MR) is 47.0 cm³/mol. The van der Waals surface area contributed by atoms with Gasteiger partial charge in [-0.1, -0.05) is 0 Å². The molecule has 1 aromatic rings. The summed E-state index contributed by atoms with van der Waals surface area (Å²) in [5.41, 5.74) is 0.917. The molecule has 0 aliphatic carbocycles. The van der Waals surface area contributed by atoms with Crippen molar-refractivity contribution in [2.24, 2.45) is 0 Å². The number of alkyl carbamates (subject to hydrolysis) is 1. The first-order valence-corrected chi connectivity index (χ1v) is 4.10. The van der Waals surface area contributed by atoms with Gasteiger partial charge in [-0.25, -0.2) is 4.79 Å². The third-order valence-corrected chi connectivity index (χ3v) is 1.33. The van der Waals surface area contributed by atoms with Crippen molar-refractivity contribution in [3.8, 4) is 0 Å². The molecule has 5 nitrogen and oxygen atoms in total. The fourth-order valence-electron chi connectivity index (χ4n) is 0.804. The van der Waals surface area contributed by atoms with Crippen LogP contribution in [0.15, 0.2) is 12.4 Å². The van der Waals surface area contributed by atoms with E-state index in [0.29, 0.717) is 6.54 Å². The zero-order chi connectivity index (χ0) is 9.68. The third kappa shape index (κ3) is 3.59. The number of aromatic nitrogens is 2. The summed E-state index contributed by atoms with van der Waals surface area (Å²) in [6, 6.07) is 0. The van der Waals surface area contributed by atoms with E-state index in [0.717, 1.165) is 5.56 Å². The van der Waals surface area contributed by atoms with Crippen molar-refractivity contribution < 1.29 is 9.53 Å². The summed E-state index contributed by atoms with van der Waals surface area (Å²) in [4.78, 5) is 11.0. The molecule has 1 rings (SSSR count). The molecule has 13 heavy (non-hydrogen) atoms. The minimum absolute atomic E-state index is 0.0932. The van der Waals surface area contributed by atoms with Gasteiger partial charge in [0.2, 0.25) is 0 Å². The monoisotopic (exact) mass is 183 g/mol. The van der Waals surface area contributed by atoms with Gasteiger partial charge in [0.1, 0.15) is 0 Å². The maximum Gasteiger partial charge on any atom is 0.407 e. The maximum atomic E-state index is 11.0. The highest BCUT2D eigenvalue weighted by Crippen LogP contribution is 1.94. The smallest absolute Gasteiger partial charge is 0.407 e. The van der Waals surface area contributed by atoms with Crippen molar-refractivity contribution in [1.29, 1.82) is 0 Å². The molecule has 72 valence electrons. The van der Waals surface area contributed by atoms with Crippen molar-refractivity contribution in [3.63, 3.8) is 0 Å². The summed E-state index contributed by atoms with van der Waals surface area (Å²) in [5.74, 6) is 0. The van der Waals surface area contributed by atoms with Crippen LogP contribution in [-0.2, 0) is 11.3 Å². The van der Waals surface area contributed by atoms with Crippen LogP contribution in [0, 0.1) is 0 Å². The molecule has 0 radical (unpaired) electrons. The van der Waals surface area contributed by atoms with Gasteiger partial charge in [0.05, 0.1) is 12.3 Å². The Hall–Kier alpha value is -1.52. The second-order valence-electron chi connectivity index (χ2n) is 2.91. The van der Waals surface area contributed by atoms with E-state index in [4.69, 9.17) is 4.74 Å². The van der Waals surface area contributed by atoms with Gasteiger partial charge in [0.15, 0.2) is 0 Å². The first kappa shape index (κ1) is 9.57. The molecule has 0 saturated heterocycles. The summed E-state index contributed by atoms with van der Waals surface area (Å²) < 4.78 is 4.87. The van der Waals surface area contributed by atoms with Crippen LogP contribution in [0.25, 0.3) is 0 Å². The second-order valence-corrected chi connectivity index (χ2v) is 2.91. The SMILES string of the molecule is CC(C)OC(=O)NCc1cn[nH]c1. The molecule has 0 unspecified atom stereocenters. The highest BCUT2D eigenvalue weighted by atomic mass is 16.6. The van der Waals surface area contributed by atoms with Crippen molar-refractivity contribution in [2.75, 3.05) is 0 Å². The maximum absolute atomic E-state index is 11.0. The lowest BCUT2D eigenvalue weighted by Gasteiger charge is -2.08. The number of carbonyl (C=O) groups is 1. The number of hydrogen-bond donors (Lipinski definition) is 2. The fourth-order valence-corrected chi connectivity index (χ4v) is 0.804. The van der Waals surface area contributed by atoms with Crippen LogP contribution < -0.4 is 5.32 Å². The molecule has 1 amide bonds. The standard InChI is InChI=1S/C8H13N3O2/c1-6(2)13-8(12)9-3-7-4-10-11-5-7/h4-6H,3H2,1-2H3,(H,9,12)(H,10,11). The number of ether oxygens (including phenoxy) is 1. The number of hydrogen-bond acceptors (Lipinski definition) is 3. The van der Waals surface area contributed by atoms with E-state index in [1.54, 1.807) is 26.2 Å². The number of rotatable bonds is 3. The lowest BCUT2D eigenvalue weighted by molar-refractivity contribution is 0.115. The number of nitrogens with one attached hydrogen (secondary N) is 2. The molecule has 1 heterocycles. The van der Waals surface area contributed by atoms with Crippen LogP contribution in [0.4, 0.5) is 4.79 Å². The van der Waals surface area contributed by atoms with Gasteiger partial charge < -0.3 is 10.1 Å². The van der Waals surface area contributed by atoms with Crippen molar-refractivity contribution in [3.05, 3.63) is 18.0 Å². The highest BCUT2D eigenvalue weighted by molar-refractivity contribution is 5.67. The van der Waals surface area contributed by atoms with Gasteiger partial charge in [0.25, 0.3) is 0 Å². The largest absolute Gasteiger partial charge is 0.447 e. The minimum atomic E-state index is -0.406. The minimum Gasteiger partial charge on any atom is -0.447 e. The summed E-state index contributed by atoms with van der Waals surface area (Å²) in [6.45, 7) is 4.04. The Morgan fingerprint density at radius 2 is 2.54 bits per heavy atom. The molecule has 1 aromatic heterocycles. The number of amides is 1. The Morgan fingerprint density at radius 1 is 1.77 bits per heavy atom. The van der Waals surface area contributed by atoms with Gasteiger partial charge >= 0.3 is 6.09 Å². The van der Waals surface area contributed by atoms with Gasteiger partial charge in [0, 0.05) is 18.3 Å². The van der Waals surface area contributed by atoms with E-state index in [2.05, 4.69) is 15.5 Å². The molecule has 0 bridgehead atoms. The Bertz CT molecular complexity index is 256. The molecular formula is C8H13N3O2. The summed E-state index contributed by atoms with van der Waals surface area (Å²) in [6.07, 6.45) is 2.87. The van der Waals surface area contributed by atoms with Crippen molar-refractivity contribution >= 4 is 6.09 Å².